The number of hydrogen-bond acceptors (Lipinski definition) is 4. The predicted octanol–water partition coefficient (Wildman–Crippen LogP) is 1.43. The minimum absolute atomic E-state index is 0.0139. The van der Waals surface area contributed by atoms with E-state index in [-0.39, 0.29) is 28.0 Å². The van der Waals surface area contributed by atoms with Crippen molar-refractivity contribution in [2.24, 2.45) is 5.92 Å². The predicted molar refractivity (Wildman–Crippen MR) is 77.0 cm³/mol. The van der Waals surface area contributed by atoms with E-state index < -0.39 is 16.0 Å². The standard InChI is InChI=1S/C13H16ClNO5S/c14-12-7-10(1-2-11(12)13(17)18)21(19,20)15-5-3-9(8-16)4-6-15/h1-2,7,9,16H,3-6,8H2,(H,17,18). The lowest BCUT2D eigenvalue weighted by Gasteiger charge is -2.30. The van der Waals surface area contributed by atoms with Gasteiger partial charge in [-0.2, -0.15) is 4.31 Å². The molecule has 0 spiro atoms. The molecule has 1 aromatic carbocycles. The molecule has 1 fully saturated rings. The van der Waals surface area contributed by atoms with Crippen LogP contribution in [0, 0.1) is 5.92 Å². The van der Waals surface area contributed by atoms with Crippen LogP contribution in [0.2, 0.25) is 5.02 Å². The number of carboxylic acid groups (broad SMARTS) is 1. The first kappa shape index (κ1) is 16.2. The normalized spacial score (nSPS) is 17.8. The maximum atomic E-state index is 12.5. The zero-order valence-electron chi connectivity index (χ0n) is 11.2. The second-order valence-electron chi connectivity index (χ2n) is 4.98. The second-order valence-corrected chi connectivity index (χ2v) is 7.32. The van der Waals surface area contributed by atoms with Crippen LogP contribution in [0.3, 0.4) is 0 Å². The third-order valence-corrected chi connectivity index (χ3v) is 5.85. The fourth-order valence-corrected chi connectivity index (χ4v) is 4.13. The van der Waals surface area contributed by atoms with Crippen molar-refractivity contribution in [1.29, 1.82) is 0 Å². The van der Waals surface area contributed by atoms with Crippen LogP contribution < -0.4 is 0 Å². The minimum atomic E-state index is -3.68. The fourth-order valence-electron chi connectivity index (χ4n) is 2.31. The Balaban J connectivity index is 2.24. The number of carbonyl (C=O) groups is 1. The Hall–Kier alpha value is -1.15. The summed E-state index contributed by atoms with van der Waals surface area (Å²) >= 11 is 5.82. The maximum absolute atomic E-state index is 12.5. The number of carboxylic acids is 1. The molecule has 0 saturated carbocycles. The maximum Gasteiger partial charge on any atom is 0.337 e. The van der Waals surface area contributed by atoms with Crippen molar-refractivity contribution in [2.75, 3.05) is 19.7 Å². The number of aliphatic hydroxyl groups is 1. The summed E-state index contributed by atoms with van der Waals surface area (Å²) in [4.78, 5) is 10.9. The van der Waals surface area contributed by atoms with Gasteiger partial charge in [0.1, 0.15) is 0 Å². The van der Waals surface area contributed by atoms with Crippen molar-refractivity contribution in [3.8, 4) is 0 Å². The van der Waals surface area contributed by atoms with E-state index in [1.807, 2.05) is 0 Å². The fraction of sp³-hybridized carbons (Fsp3) is 0.462. The number of hydrogen-bond donors (Lipinski definition) is 2. The SMILES string of the molecule is O=C(O)c1ccc(S(=O)(=O)N2CCC(CO)CC2)cc1Cl. The monoisotopic (exact) mass is 333 g/mol. The van der Waals surface area contributed by atoms with Crippen molar-refractivity contribution in [1.82, 2.24) is 4.31 Å². The molecule has 8 heteroatoms. The third-order valence-electron chi connectivity index (χ3n) is 3.64. The molecule has 21 heavy (non-hydrogen) atoms. The van der Waals surface area contributed by atoms with Crippen LogP contribution in [0.1, 0.15) is 23.2 Å². The van der Waals surface area contributed by atoms with E-state index in [0.29, 0.717) is 25.9 Å². The Morgan fingerprint density at radius 1 is 1.33 bits per heavy atom. The molecule has 0 unspecified atom stereocenters. The van der Waals surface area contributed by atoms with Gasteiger partial charge in [-0.3, -0.25) is 0 Å². The molecule has 2 rings (SSSR count). The van der Waals surface area contributed by atoms with Gasteiger partial charge in [-0.25, -0.2) is 13.2 Å². The average molecular weight is 334 g/mol. The highest BCUT2D eigenvalue weighted by molar-refractivity contribution is 7.89. The number of aliphatic hydroxyl groups excluding tert-OH is 1. The number of benzene rings is 1. The second kappa shape index (κ2) is 6.31. The molecule has 0 aliphatic carbocycles. The molecule has 0 amide bonds. The van der Waals surface area contributed by atoms with Crippen LogP contribution in [0.5, 0.6) is 0 Å². The summed E-state index contributed by atoms with van der Waals surface area (Å²) in [6.45, 7) is 0.741. The van der Waals surface area contributed by atoms with Gasteiger partial charge >= 0.3 is 5.97 Å². The Kier molecular flexibility index (Phi) is 4.88. The molecule has 1 saturated heterocycles. The molecular formula is C13H16ClNO5S. The van der Waals surface area contributed by atoms with Crippen molar-refractivity contribution in [2.45, 2.75) is 17.7 Å². The summed E-state index contributed by atoms with van der Waals surface area (Å²) in [7, 11) is -3.68. The summed E-state index contributed by atoms with van der Waals surface area (Å²) in [5, 5.41) is 17.9. The lowest BCUT2D eigenvalue weighted by atomic mass is 10.00. The number of piperidine rings is 1. The van der Waals surface area contributed by atoms with Crippen LogP contribution in [0.4, 0.5) is 0 Å². The van der Waals surface area contributed by atoms with Gasteiger partial charge in [-0.05, 0) is 37.0 Å². The number of nitrogens with zero attached hydrogens (tertiary/aromatic N) is 1. The summed E-state index contributed by atoms with van der Waals surface area (Å²) in [5.74, 6) is -1.07. The van der Waals surface area contributed by atoms with E-state index in [9.17, 15) is 13.2 Å². The summed E-state index contributed by atoms with van der Waals surface area (Å²) in [5.41, 5.74) is -0.130. The topological polar surface area (TPSA) is 94.9 Å². The number of aromatic carboxylic acids is 1. The molecule has 0 bridgehead atoms. The van der Waals surface area contributed by atoms with Crippen molar-refractivity contribution < 1.29 is 23.4 Å². The first-order valence-electron chi connectivity index (χ1n) is 6.50. The smallest absolute Gasteiger partial charge is 0.337 e. The van der Waals surface area contributed by atoms with Gasteiger partial charge in [-0.15, -0.1) is 0 Å². The number of halogens is 1. The van der Waals surface area contributed by atoms with E-state index in [1.165, 1.54) is 22.5 Å². The molecule has 0 radical (unpaired) electrons. The quantitative estimate of drug-likeness (QED) is 0.869. The molecule has 1 aliphatic rings. The van der Waals surface area contributed by atoms with Gasteiger partial charge < -0.3 is 10.2 Å². The van der Waals surface area contributed by atoms with Crippen molar-refractivity contribution in [3.05, 3.63) is 28.8 Å². The van der Waals surface area contributed by atoms with Crippen LogP contribution in [-0.2, 0) is 10.0 Å². The van der Waals surface area contributed by atoms with E-state index in [2.05, 4.69) is 0 Å². The highest BCUT2D eigenvalue weighted by Crippen LogP contribution is 2.26. The van der Waals surface area contributed by atoms with Gasteiger partial charge in [0.15, 0.2) is 0 Å². The van der Waals surface area contributed by atoms with E-state index in [4.69, 9.17) is 21.8 Å². The lowest BCUT2D eigenvalue weighted by Crippen LogP contribution is -2.39. The molecule has 0 aromatic heterocycles. The van der Waals surface area contributed by atoms with Crippen LogP contribution in [0.15, 0.2) is 23.1 Å². The number of rotatable bonds is 4. The van der Waals surface area contributed by atoms with E-state index >= 15 is 0 Å². The molecular weight excluding hydrogens is 318 g/mol. The highest BCUT2D eigenvalue weighted by atomic mass is 35.5. The Morgan fingerprint density at radius 3 is 2.43 bits per heavy atom. The lowest BCUT2D eigenvalue weighted by molar-refractivity contribution is 0.0697. The van der Waals surface area contributed by atoms with Crippen LogP contribution in [-0.4, -0.2) is 48.6 Å². The van der Waals surface area contributed by atoms with Crippen LogP contribution >= 0.6 is 11.6 Å². The largest absolute Gasteiger partial charge is 0.478 e. The highest BCUT2D eigenvalue weighted by Gasteiger charge is 2.29. The summed E-state index contributed by atoms with van der Waals surface area (Å²) in [6.07, 6.45) is 1.22. The molecule has 1 heterocycles. The van der Waals surface area contributed by atoms with Gasteiger partial charge in [0, 0.05) is 19.7 Å². The minimum Gasteiger partial charge on any atom is -0.478 e. The van der Waals surface area contributed by atoms with Gasteiger partial charge in [0.05, 0.1) is 15.5 Å². The first-order valence-corrected chi connectivity index (χ1v) is 8.32. The third kappa shape index (κ3) is 3.37. The van der Waals surface area contributed by atoms with Crippen molar-refractivity contribution >= 4 is 27.6 Å². The van der Waals surface area contributed by atoms with E-state index in [1.54, 1.807) is 0 Å². The van der Waals surface area contributed by atoms with Gasteiger partial charge in [-0.1, -0.05) is 11.6 Å². The average Bonchev–Trinajstić information content (AvgIpc) is 2.46. The van der Waals surface area contributed by atoms with E-state index in [0.717, 1.165) is 0 Å². The molecule has 0 atom stereocenters. The zero-order chi connectivity index (χ0) is 15.6. The van der Waals surface area contributed by atoms with Crippen LogP contribution in [0.25, 0.3) is 0 Å². The summed E-state index contributed by atoms with van der Waals surface area (Å²) in [6, 6.07) is 3.61. The number of sulfonamides is 1. The molecule has 1 aliphatic heterocycles. The van der Waals surface area contributed by atoms with Gasteiger partial charge in [0.2, 0.25) is 10.0 Å². The van der Waals surface area contributed by atoms with Crippen molar-refractivity contribution in [3.63, 3.8) is 0 Å². The summed E-state index contributed by atoms with van der Waals surface area (Å²) < 4.78 is 26.3. The first-order chi connectivity index (χ1) is 9.86. The molecule has 2 N–H and O–H groups in total. The Labute approximate surface area is 128 Å². The molecule has 6 nitrogen and oxygen atoms in total. The molecule has 116 valence electrons. The molecule has 1 aromatic rings. The Morgan fingerprint density at radius 2 is 1.95 bits per heavy atom. The Bertz CT molecular complexity index is 638. The van der Waals surface area contributed by atoms with Gasteiger partial charge in [0.25, 0.3) is 0 Å². The zero-order valence-corrected chi connectivity index (χ0v) is 12.8.